The Hall–Kier alpha value is -5.03. The first-order valence-electron chi connectivity index (χ1n) is 13.6. The number of aliphatic imine (C=N–C) groups is 3. The van der Waals surface area contributed by atoms with E-state index in [4.69, 9.17) is 9.84 Å². The number of carbonyl (C=O) groups is 2. The minimum atomic E-state index is -0.593. The third kappa shape index (κ3) is 5.84. The molecule has 6 rings (SSSR count). The second-order valence-corrected chi connectivity index (χ2v) is 11.8. The molecule has 216 valence electrons. The molecule has 2 N–H and O–H groups in total. The summed E-state index contributed by atoms with van der Waals surface area (Å²) >= 11 is 1.66. The number of benzene rings is 3. The van der Waals surface area contributed by atoms with Crippen LogP contribution in [0, 0.1) is 0 Å². The standard InChI is InChI=1S/C32H29N7O3S/c1-32(2,3)26-17-27(39(38-26)19-9-11-20(43-4)12-10-19)36-31(41)35-23-13-14-24(22-8-6-5-7-21(22)23)42-25-15-16-33-30-29(25)34-18-28(40)37-30/h5-18,29H,1-4H3,(H2,35,36,41). The van der Waals surface area contributed by atoms with Gasteiger partial charge in [-0.1, -0.05) is 45.0 Å². The highest BCUT2D eigenvalue weighted by Gasteiger charge is 2.28. The maximum atomic E-state index is 13.4. The van der Waals surface area contributed by atoms with E-state index in [1.807, 2.05) is 60.9 Å². The van der Waals surface area contributed by atoms with Crippen molar-refractivity contribution in [3.63, 3.8) is 0 Å². The monoisotopic (exact) mass is 591 g/mol. The minimum Gasteiger partial charge on any atom is -0.458 e. The SMILES string of the molecule is CSc1ccc(-n2nc(C(C)(C)C)cc2NC(=O)Nc2ccc(OC3=CC=NC4=NC(=O)C=NC34)c3ccccc23)cc1. The number of nitrogens with one attached hydrogen (secondary N) is 2. The summed E-state index contributed by atoms with van der Waals surface area (Å²) in [5.41, 5.74) is 2.09. The summed E-state index contributed by atoms with van der Waals surface area (Å²) in [5.74, 6) is 1.46. The largest absolute Gasteiger partial charge is 0.458 e. The predicted molar refractivity (Wildman–Crippen MR) is 173 cm³/mol. The first-order valence-corrected chi connectivity index (χ1v) is 14.8. The Balaban J connectivity index is 1.26. The van der Waals surface area contributed by atoms with Gasteiger partial charge in [-0.05, 0) is 48.7 Å². The summed E-state index contributed by atoms with van der Waals surface area (Å²) in [6, 6.07) is 20.1. The van der Waals surface area contributed by atoms with Gasteiger partial charge in [0, 0.05) is 33.4 Å². The first-order chi connectivity index (χ1) is 20.7. The van der Waals surface area contributed by atoms with Crippen molar-refractivity contribution in [1.82, 2.24) is 9.78 Å². The Morgan fingerprint density at radius 1 is 1.00 bits per heavy atom. The van der Waals surface area contributed by atoms with E-state index in [1.165, 1.54) is 12.4 Å². The van der Waals surface area contributed by atoms with Crippen molar-refractivity contribution >= 4 is 64.2 Å². The number of nitrogens with zero attached hydrogens (tertiary/aromatic N) is 5. The average molecular weight is 592 g/mol. The molecule has 1 unspecified atom stereocenters. The molecule has 2 aliphatic rings. The number of allylic oxidation sites excluding steroid dienone is 1. The first kappa shape index (κ1) is 28.1. The van der Waals surface area contributed by atoms with Crippen LogP contribution in [0.15, 0.2) is 98.4 Å². The molecule has 0 saturated heterocycles. The number of rotatable bonds is 6. The molecule has 0 saturated carbocycles. The number of fused-ring (bicyclic) bond motifs is 2. The number of amides is 3. The Labute approximate surface area is 252 Å². The Morgan fingerprint density at radius 3 is 2.51 bits per heavy atom. The molecule has 43 heavy (non-hydrogen) atoms. The molecular weight excluding hydrogens is 562 g/mol. The highest BCUT2D eigenvalue weighted by atomic mass is 32.2. The molecule has 2 aliphatic heterocycles. The number of urea groups is 1. The van der Waals surface area contributed by atoms with Crippen molar-refractivity contribution < 1.29 is 14.3 Å². The van der Waals surface area contributed by atoms with Gasteiger partial charge >= 0.3 is 6.03 Å². The number of ether oxygens (including phenoxy) is 1. The molecule has 1 aromatic heterocycles. The van der Waals surface area contributed by atoms with Crippen molar-refractivity contribution in [2.24, 2.45) is 15.0 Å². The summed E-state index contributed by atoms with van der Waals surface area (Å²) in [6.07, 6.45) is 6.44. The van der Waals surface area contributed by atoms with Crippen molar-refractivity contribution in [2.45, 2.75) is 37.1 Å². The van der Waals surface area contributed by atoms with Crippen LogP contribution in [0.3, 0.4) is 0 Å². The number of hydrogen-bond acceptors (Lipinski definition) is 7. The second kappa shape index (κ2) is 11.3. The lowest BCUT2D eigenvalue weighted by molar-refractivity contribution is -0.111. The smallest absolute Gasteiger partial charge is 0.324 e. The fourth-order valence-electron chi connectivity index (χ4n) is 4.70. The third-order valence-electron chi connectivity index (χ3n) is 6.91. The van der Waals surface area contributed by atoms with E-state index in [0.29, 0.717) is 28.8 Å². The third-order valence-corrected chi connectivity index (χ3v) is 7.66. The zero-order chi connectivity index (χ0) is 30.1. The van der Waals surface area contributed by atoms with Crippen LogP contribution >= 0.6 is 11.8 Å². The van der Waals surface area contributed by atoms with Gasteiger partial charge in [-0.25, -0.2) is 14.5 Å². The fourth-order valence-corrected chi connectivity index (χ4v) is 5.11. The topological polar surface area (TPSA) is 122 Å². The molecule has 3 heterocycles. The Bertz CT molecular complexity index is 1860. The number of dihydropyridines is 1. The van der Waals surface area contributed by atoms with Gasteiger partial charge in [0.25, 0.3) is 5.91 Å². The van der Waals surface area contributed by atoms with Gasteiger partial charge in [0.2, 0.25) is 0 Å². The fraction of sp³-hybridized carbons (Fsp3) is 0.188. The van der Waals surface area contributed by atoms with Crippen LogP contribution in [-0.4, -0.2) is 52.3 Å². The second-order valence-electron chi connectivity index (χ2n) is 10.9. The molecule has 0 spiro atoms. The van der Waals surface area contributed by atoms with Crippen LogP contribution in [0.4, 0.5) is 16.3 Å². The van der Waals surface area contributed by atoms with Gasteiger partial charge in [0.05, 0.1) is 23.3 Å². The van der Waals surface area contributed by atoms with Crippen LogP contribution in [0.5, 0.6) is 5.75 Å². The summed E-state index contributed by atoms with van der Waals surface area (Å²) in [4.78, 5) is 38.5. The van der Waals surface area contributed by atoms with Crippen LogP contribution in [-0.2, 0) is 10.2 Å². The van der Waals surface area contributed by atoms with Crippen LogP contribution in [0.2, 0.25) is 0 Å². The number of hydrogen-bond donors (Lipinski definition) is 2. The zero-order valence-corrected chi connectivity index (χ0v) is 24.8. The highest BCUT2D eigenvalue weighted by Crippen LogP contribution is 2.34. The quantitative estimate of drug-likeness (QED) is 0.251. The molecule has 3 aromatic carbocycles. The van der Waals surface area contributed by atoms with E-state index in [0.717, 1.165) is 27.0 Å². The van der Waals surface area contributed by atoms with E-state index in [-0.39, 0.29) is 5.41 Å². The number of amidine groups is 1. The number of carbonyl (C=O) groups excluding carboxylic acids is 2. The van der Waals surface area contributed by atoms with Crippen LogP contribution in [0.1, 0.15) is 26.5 Å². The Kier molecular flexibility index (Phi) is 7.41. The lowest BCUT2D eigenvalue weighted by Crippen LogP contribution is -2.30. The van der Waals surface area contributed by atoms with Gasteiger partial charge in [-0.15, -0.1) is 11.8 Å². The van der Waals surface area contributed by atoms with Crippen LogP contribution in [0.25, 0.3) is 16.5 Å². The molecule has 0 fully saturated rings. The van der Waals surface area contributed by atoms with Gasteiger partial charge in [0.1, 0.15) is 17.3 Å². The van der Waals surface area contributed by atoms with Crippen molar-refractivity contribution in [1.29, 1.82) is 0 Å². The molecule has 3 amide bonds. The van der Waals surface area contributed by atoms with Crippen molar-refractivity contribution in [3.8, 4) is 11.4 Å². The van der Waals surface area contributed by atoms with E-state index in [1.54, 1.807) is 34.7 Å². The average Bonchev–Trinajstić information content (AvgIpc) is 3.42. The van der Waals surface area contributed by atoms with E-state index >= 15 is 0 Å². The van der Waals surface area contributed by atoms with Gasteiger partial charge in [-0.2, -0.15) is 10.1 Å². The lowest BCUT2D eigenvalue weighted by Gasteiger charge is -2.21. The maximum Gasteiger partial charge on any atom is 0.324 e. The molecule has 0 aliphatic carbocycles. The molecule has 1 atom stereocenters. The molecule has 11 heteroatoms. The molecule has 10 nitrogen and oxygen atoms in total. The number of thioether (sulfide) groups is 1. The zero-order valence-electron chi connectivity index (χ0n) is 24.0. The van der Waals surface area contributed by atoms with E-state index < -0.39 is 18.0 Å². The molecular formula is C32H29N7O3S. The summed E-state index contributed by atoms with van der Waals surface area (Å²) in [7, 11) is 0. The molecule has 0 radical (unpaired) electrons. The summed E-state index contributed by atoms with van der Waals surface area (Å²) < 4.78 is 8.02. The maximum absolute atomic E-state index is 13.4. The summed E-state index contributed by atoms with van der Waals surface area (Å²) in [5, 5.41) is 12.4. The lowest BCUT2D eigenvalue weighted by atomic mass is 9.92. The molecule has 0 bridgehead atoms. The van der Waals surface area contributed by atoms with Crippen molar-refractivity contribution in [3.05, 3.63) is 84.3 Å². The van der Waals surface area contributed by atoms with Crippen molar-refractivity contribution in [2.75, 3.05) is 16.9 Å². The van der Waals surface area contributed by atoms with Gasteiger partial charge in [0.15, 0.2) is 11.9 Å². The normalized spacial score (nSPS) is 16.0. The summed E-state index contributed by atoms with van der Waals surface area (Å²) in [6.45, 7) is 6.25. The highest BCUT2D eigenvalue weighted by molar-refractivity contribution is 7.98. The molecule has 4 aromatic rings. The number of aromatic nitrogens is 2. The van der Waals surface area contributed by atoms with Gasteiger partial charge < -0.3 is 10.1 Å². The van der Waals surface area contributed by atoms with Crippen LogP contribution < -0.4 is 15.4 Å². The minimum absolute atomic E-state index is 0.214. The predicted octanol–water partition coefficient (Wildman–Crippen LogP) is 6.41. The van der Waals surface area contributed by atoms with Gasteiger partial charge in [-0.3, -0.25) is 15.1 Å². The Morgan fingerprint density at radius 2 is 1.77 bits per heavy atom. The van der Waals surface area contributed by atoms with E-state index in [9.17, 15) is 9.59 Å². The van der Waals surface area contributed by atoms with E-state index in [2.05, 4.69) is 46.4 Å². The number of anilines is 2.